The third kappa shape index (κ3) is 4.15. The molecule has 0 radical (unpaired) electrons. The Hall–Kier alpha value is -2.24. The lowest BCUT2D eigenvalue weighted by Gasteiger charge is -2.11. The predicted octanol–water partition coefficient (Wildman–Crippen LogP) is 3.90. The molecule has 106 valence electrons. The Balaban J connectivity index is 1.96. The number of nitrogens with zero attached hydrogens (tertiary/aromatic N) is 1. The van der Waals surface area contributed by atoms with E-state index in [0.717, 1.165) is 11.3 Å². The fourth-order valence-corrected chi connectivity index (χ4v) is 1.66. The Kier molecular flexibility index (Phi) is 4.12. The third-order valence-corrected chi connectivity index (χ3v) is 2.67. The predicted molar refractivity (Wildman–Crippen MR) is 69.4 cm³/mol. The summed E-state index contributed by atoms with van der Waals surface area (Å²) in [4.78, 5) is 4.22. The van der Waals surface area contributed by atoms with E-state index in [1.54, 1.807) is 6.20 Å². The highest BCUT2D eigenvalue weighted by atomic mass is 19.4. The lowest BCUT2D eigenvalue weighted by atomic mass is 10.2. The lowest BCUT2D eigenvalue weighted by molar-refractivity contribution is -0.274. The number of hydrogen-bond donors (Lipinski definition) is 1. The molecule has 2 rings (SSSR count). The Bertz CT molecular complexity index is 567. The van der Waals surface area contributed by atoms with E-state index in [1.807, 2.05) is 19.1 Å². The number of alkyl halides is 3. The van der Waals surface area contributed by atoms with E-state index in [9.17, 15) is 13.2 Å². The molecule has 0 aliphatic heterocycles. The maximum absolute atomic E-state index is 12.0. The number of rotatable bonds is 4. The van der Waals surface area contributed by atoms with Gasteiger partial charge < -0.3 is 10.1 Å². The van der Waals surface area contributed by atoms with E-state index in [0.29, 0.717) is 12.2 Å². The van der Waals surface area contributed by atoms with Crippen LogP contribution in [0.4, 0.5) is 18.9 Å². The zero-order chi connectivity index (χ0) is 14.6. The molecule has 0 amide bonds. The molecule has 0 spiro atoms. The number of anilines is 1. The molecule has 2 aromatic rings. The summed E-state index contributed by atoms with van der Waals surface area (Å²) in [5, 5.41) is 3.09. The van der Waals surface area contributed by atoms with Gasteiger partial charge in [-0.2, -0.15) is 0 Å². The molecular weight excluding hydrogens is 269 g/mol. The van der Waals surface area contributed by atoms with Gasteiger partial charge in [-0.05, 0) is 42.8 Å². The van der Waals surface area contributed by atoms with Gasteiger partial charge in [0.25, 0.3) is 0 Å². The van der Waals surface area contributed by atoms with Gasteiger partial charge in [0, 0.05) is 11.9 Å². The number of hydrogen-bond acceptors (Lipinski definition) is 3. The van der Waals surface area contributed by atoms with Crippen LogP contribution < -0.4 is 10.1 Å². The molecule has 3 nitrogen and oxygen atoms in total. The van der Waals surface area contributed by atoms with Gasteiger partial charge in [-0.3, -0.25) is 4.98 Å². The molecule has 20 heavy (non-hydrogen) atoms. The van der Waals surface area contributed by atoms with Crippen molar-refractivity contribution in [1.29, 1.82) is 0 Å². The first-order valence-electron chi connectivity index (χ1n) is 5.94. The van der Waals surface area contributed by atoms with Crippen LogP contribution in [-0.4, -0.2) is 11.3 Å². The highest BCUT2D eigenvalue weighted by Crippen LogP contribution is 2.24. The highest BCUT2D eigenvalue weighted by molar-refractivity contribution is 5.46. The highest BCUT2D eigenvalue weighted by Gasteiger charge is 2.30. The zero-order valence-electron chi connectivity index (χ0n) is 10.7. The van der Waals surface area contributed by atoms with Crippen LogP contribution in [0, 0.1) is 6.92 Å². The summed E-state index contributed by atoms with van der Waals surface area (Å²) >= 11 is 0. The summed E-state index contributed by atoms with van der Waals surface area (Å²) in [6.07, 6.45) is -2.97. The molecule has 0 atom stereocenters. The molecule has 0 aliphatic carbocycles. The van der Waals surface area contributed by atoms with Crippen LogP contribution in [0.15, 0.2) is 42.6 Å². The minimum atomic E-state index is -4.67. The van der Waals surface area contributed by atoms with Crippen molar-refractivity contribution in [3.05, 3.63) is 53.9 Å². The van der Waals surface area contributed by atoms with E-state index in [-0.39, 0.29) is 5.75 Å². The molecular formula is C14H13F3N2O. The number of aryl methyl sites for hydroxylation is 1. The largest absolute Gasteiger partial charge is 0.573 e. The van der Waals surface area contributed by atoms with Crippen LogP contribution in [0.5, 0.6) is 5.75 Å². The fourth-order valence-electron chi connectivity index (χ4n) is 1.66. The first-order valence-corrected chi connectivity index (χ1v) is 5.94. The topological polar surface area (TPSA) is 34.2 Å². The van der Waals surface area contributed by atoms with Crippen LogP contribution in [0.25, 0.3) is 0 Å². The van der Waals surface area contributed by atoms with Gasteiger partial charge in [0.2, 0.25) is 0 Å². The van der Waals surface area contributed by atoms with Crippen LogP contribution >= 0.6 is 0 Å². The van der Waals surface area contributed by atoms with Gasteiger partial charge >= 0.3 is 6.36 Å². The molecule has 1 N–H and O–H groups in total. The SMILES string of the molecule is Cc1cccnc1CNc1ccc(OC(F)(F)F)cc1. The molecule has 1 aromatic heterocycles. The number of benzene rings is 1. The number of nitrogens with one attached hydrogen (secondary N) is 1. The summed E-state index contributed by atoms with van der Waals surface area (Å²) in [5.41, 5.74) is 2.64. The minimum Gasteiger partial charge on any atom is -0.406 e. The Labute approximate surface area is 114 Å². The third-order valence-electron chi connectivity index (χ3n) is 2.67. The van der Waals surface area contributed by atoms with Crippen molar-refractivity contribution in [2.75, 3.05) is 5.32 Å². The van der Waals surface area contributed by atoms with Gasteiger partial charge in [0.15, 0.2) is 0 Å². The first kappa shape index (κ1) is 14.2. The smallest absolute Gasteiger partial charge is 0.406 e. The van der Waals surface area contributed by atoms with E-state index in [2.05, 4.69) is 15.0 Å². The maximum Gasteiger partial charge on any atom is 0.573 e. The van der Waals surface area contributed by atoms with E-state index >= 15 is 0 Å². The Morgan fingerprint density at radius 3 is 2.45 bits per heavy atom. The van der Waals surface area contributed by atoms with Crippen molar-refractivity contribution < 1.29 is 17.9 Å². The van der Waals surface area contributed by atoms with Gasteiger partial charge in [-0.25, -0.2) is 0 Å². The number of pyridine rings is 1. The standard InChI is InChI=1S/C14H13F3N2O/c1-10-3-2-8-18-13(10)9-19-11-4-6-12(7-5-11)20-14(15,16)17/h2-8,19H,9H2,1H3. The molecule has 0 saturated heterocycles. The molecule has 0 bridgehead atoms. The molecule has 0 fully saturated rings. The van der Waals surface area contributed by atoms with Crippen molar-refractivity contribution in [3.63, 3.8) is 0 Å². The van der Waals surface area contributed by atoms with Crippen molar-refractivity contribution in [2.45, 2.75) is 19.8 Å². The van der Waals surface area contributed by atoms with Crippen molar-refractivity contribution in [3.8, 4) is 5.75 Å². The van der Waals surface area contributed by atoms with Crippen molar-refractivity contribution >= 4 is 5.69 Å². The quantitative estimate of drug-likeness (QED) is 0.923. The fraction of sp³-hybridized carbons (Fsp3) is 0.214. The summed E-state index contributed by atoms with van der Waals surface area (Å²) in [6.45, 7) is 2.45. The van der Waals surface area contributed by atoms with Crippen LogP contribution in [0.3, 0.4) is 0 Å². The number of halogens is 3. The molecule has 1 aromatic carbocycles. The summed E-state index contributed by atoms with van der Waals surface area (Å²) < 4.78 is 39.8. The Morgan fingerprint density at radius 2 is 1.85 bits per heavy atom. The van der Waals surface area contributed by atoms with Crippen molar-refractivity contribution in [1.82, 2.24) is 4.98 Å². The van der Waals surface area contributed by atoms with Crippen molar-refractivity contribution in [2.24, 2.45) is 0 Å². The summed E-state index contributed by atoms with van der Waals surface area (Å²) in [7, 11) is 0. The van der Waals surface area contributed by atoms with Gasteiger partial charge in [-0.15, -0.1) is 13.2 Å². The minimum absolute atomic E-state index is 0.239. The van der Waals surface area contributed by atoms with E-state index in [4.69, 9.17) is 0 Å². The van der Waals surface area contributed by atoms with Gasteiger partial charge in [-0.1, -0.05) is 6.07 Å². The molecule has 0 saturated carbocycles. The average molecular weight is 282 g/mol. The second-order valence-electron chi connectivity index (χ2n) is 4.19. The van der Waals surface area contributed by atoms with Gasteiger partial charge in [0.05, 0.1) is 12.2 Å². The zero-order valence-corrected chi connectivity index (χ0v) is 10.7. The van der Waals surface area contributed by atoms with Gasteiger partial charge in [0.1, 0.15) is 5.75 Å². The van der Waals surface area contributed by atoms with Crippen LogP contribution in [0.2, 0.25) is 0 Å². The van der Waals surface area contributed by atoms with Crippen LogP contribution in [0.1, 0.15) is 11.3 Å². The second-order valence-corrected chi connectivity index (χ2v) is 4.19. The summed E-state index contributed by atoms with van der Waals surface area (Å²) in [6, 6.07) is 9.38. The lowest BCUT2D eigenvalue weighted by Crippen LogP contribution is -2.17. The van der Waals surface area contributed by atoms with Crippen LogP contribution in [-0.2, 0) is 6.54 Å². The average Bonchev–Trinajstić information content (AvgIpc) is 2.38. The maximum atomic E-state index is 12.0. The molecule has 1 heterocycles. The molecule has 0 aliphatic rings. The first-order chi connectivity index (χ1) is 9.44. The number of aromatic nitrogens is 1. The second kappa shape index (κ2) is 5.81. The monoisotopic (exact) mass is 282 g/mol. The Morgan fingerprint density at radius 1 is 1.15 bits per heavy atom. The van der Waals surface area contributed by atoms with E-state index in [1.165, 1.54) is 24.3 Å². The normalized spacial score (nSPS) is 11.2. The summed E-state index contributed by atoms with van der Waals surface area (Å²) in [5.74, 6) is -0.239. The molecule has 0 unspecified atom stereocenters. The number of ether oxygens (including phenoxy) is 1. The molecule has 6 heteroatoms. The van der Waals surface area contributed by atoms with E-state index < -0.39 is 6.36 Å².